The Labute approximate surface area is 217 Å². The van der Waals surface area contributed by atoms with Crippen LogP contribution in [0.25, 0.3) is 10.9 Å². The molecular formula is C27H21ClFN3O3S. The zero-order chi connectivity index (χ0) is 25.1. The van der Waals surface area contributed by atoms with Crippen molar-refractivity contribution in [2.75, 3.05) is 19.1 Å². The molecule has 6 rings (SSSR count). The van der Waals surface area contributed by atoms with Gasteiger partial charge in [0, 0.05) is 28.6 Å². The first kappa shape index (κ1) is 22.8. The predicted molar refractivity (Wildman–Crippen MR) is 141 cm³/mol. The minimum atomic E-state index is -0.561. The number of benzene rings is 3. The maximum Gasteiger partial charge on any atom is 0.256 e. The maximum atomic E-state index is 13.9. The fourth-order valence-corrected chi connectivity index (χ4v) is 5.99. The Balaban J connectivity index is 1.58. The maximum absolute atomic E-state index is 13.9. The lowest BCUT2D eigenvalue weighted by molar-refractivity contribution is -0.120. The number of nitrogens with one attached hydrogen (secondary N) is 1. The predicted octanol–water partition coefficient (Wildman–Crippen LogP) is 5.63. The van der Waals surface area contributed by atoms with E-state index in [2.05, 4.69) is 11.1 Å². The van der Waals surface area contributed by atoms with Crippen molar-refractivity contribution in [2.24, 2.45) is 0 Å². The summed E-state index contributed by atoms with van der Waals surface area (Å²) in [6, 6.07) is 16.9. The number of carbonyl (C=O) groups excluding carboxylic acids is 1. The molecule has 1 aromatic heterocycles. The van der Waals surface area contributed by atoms with Crippen LogP contribution in [0.5, 0.6) is 11.5 Å². The minimum absolute atomic E-state index is 0.0739. The van der Waals surface area contributed by atoms with Crippen molar-refractivity contribution in [3.63, 3.8) is 0 Å². The van der Waals surface area contributed by atoms with Gasteiger partial charge >= 0.3 is 0 Å². The molecule has 1 N–H and O–H groups in total. The fraction of sp³-hybridized carbons (Fsp3) is 0.185. The lowest BCUT2D eigenvalue weighted by Crippen LogP contribution is -2.44. The molecule has 182 valence electrons. The van der Waals surface area contributed by atoms with Gasteiger partial charge in [0.25, 0.3) is 5.91 Å². The van der Waals surface area contributed by atoms with Crippen LogP contribution in [0, 0.1) is 5.82 Å². The van der Waals surface area contributed by atoms with Crippen LogP contribution in [-0.2, 0) is 11.2 Å². The van der Waals surface area contributed by atoms with Gasteiger partial charge in [-0.25, -0.2) is 4.39 Å². The van der Waals surface area contributed by atoms with Gasteiger partial charge in [-0.2, -0.15) is 0 Å². The highest BCUT2D eigenvalue weighted by atomic mass is 35.5. The standard InChI is InChI=1S/C27H21ClFN3O3S/c1-34-22-9-5-7-16(25(22)35-2)24-23-17(15-6-3-4-8-20(15)30-23)13-21-26(33)31(27(36)32(21)24)14-10-11-19(29)18(28)12-14/h3-12,21,24,30H,13H2,1-2H3/t21-,24-/m0/s1. The monoisotopic (exact) mass is 521 g/mol. The van der Waals surface area contributed by atoms with Crippen LogP contribution in [0.3, 0.4) is 0 Å². The zero-order valence-corrected chi connectivity index (χ0v) is 21.0. The number of thiocarbonyl (C=S) groups is 1. The third kappa shape index (κ3) is 3.21. The molecule has 36 heavy (non-hydrogen) atoms. The molecule has 1 amide bonds. The number of aromatic amines is 1. The van der Waals surface area contributed by atoms with Gasteiger partial charge < -0.3 is 19.4 Å². The van der Waals surface area contributed by atoms with E-state index in [-0.39, 0.29) is 10.9 Å². The van der Waals surface area contributed by atoms with Gasteiger partial charge in [-0.15, -0.1) is 0 Å². The molecule has 2 aliphatic heterocycles. The van der Waals surface area contributed by atoms with Crippen LogP contribution in [0.2, 0.25) is 5.02 Å². The third-order valence-corrected chi connectivity index (χ3v) is 7.62. The molecule has 0 spiro atoms. The zero-order valence-electron chi connectivity index (χ0n) is 19.4. The Kier molecular flexibility index (Phi) is 5.39. The molecule has 0 saturated carbocycles. The number of anilines is 1. The first-order valence-electron chi connectivity index (χ1n) is 11.4. The van der Waals surface area contributed by atoms with E-state index >= 15 is 0 Å². The number of rotatable bonds is 4. The van der Waals surface area contributed by atoms with Gasteiger partial charge in [0.05, 0.1) is 24.9 Å². The smallest absolute Gasteiger partial charge is 0.256 e. The van der Waals surface area contributed by atoms with Crippen LogP contribution in [0.1, 0.15) is 22.9 Å². The highest BCUT2D eigenvalue weighted by Gasteiger charge is 2.51. The molecule has 3 aromatic carbocycles. The van der Waals surface area contributed by atoms with E-state index in [0.29, 0.717) is 28.7 Å². The van der Waals surface area contributed by atoms with Gasteiger partial charge in [0.1, 0.15) is 17.9 Å². The number of hydrogen-bond acceptors (Lipinski definition) is 4. The number of hydrogen-bond donors (Lipinski definition) is 1. The van der Waals surface area contributed by atoms with E-state index < -0.39 is 17.9 Å². The average molecular weight is 522 g/mol. The summed E-state index contributed by atoms with van der Waals surface area (Å²) in [6.45, 7) is 0. The molecule has 2 atom stereocenters. The lowest BCUT2D eigenvalue weighted by Gasteiger charge is -2.38. The summed E-state index contributed by atoms with van der Waals surface area (Å²) in [5, 5.41) is 1.29. The normalized spacial score (nSPS) is 19.0. The third-order valence-electron chi connectivity index (χ3n) is 6.94. The summed E-state index contributed by atoms with van der Waals surface area (Å²) in [5.41, 5.74) is 4.21. The number of H-pyrrole nitrogens is 1. The Hall–Kier alpha value is -3.62. The lowest BCUT2D eigenvalue weighted by atomic mass is 9.88. The summed E-state index contributed by atoms with van der Waals surface area (Å²) in [7, 11) is 3.18. The van der Waals surface area contributed by atoms with E-state index in [0.717, 1.165) is 27.7 Å². The molecule has 3 heterocycles. The van der Waals surface area contributed by atoms with E-state index in [4.69, 9.17) is 33.3 Å². The van der Waals surface area contributed by atoms with Crippen LogP contribution in [0.15, 0.2) is 60.7 Å². The van der Waals surface area contributed by atoms with Gasteiger partial charge in [-0.1, -0.05) is 41.9 Å². The summed E-state index contributed by atoms with van der Waals surface area (Å²) < 4.78 is 25.3. The first-order chi connectivity index (χ1) is 17.4. The number of aromatic nitrogens is 1. The van der Waals surface area contributed by atoms with Crippen molar-refractivity contribution in [1.29, 1.82) is 0 Å². The van der Waals surface area contributed by atoms with E-state index in [1.807, 2.05) is 41.3 Å². The first-order valence-corrected chi connectivity index (χ1v) is 12.1. The molecule has 0 unspecified atom stereocenters. The van der Waals surface area contributed by atoms with E-state index in [1.54, 1.807) is 14.2 Å². The molecule has 2 aliphatic rings. The van der Waals surface area contributed by atoms with Gasteiger partial charge in [-0.3, -0.25) is 9.69 Å². The molecule has 0 bridgehead atoms. The van der Waals surface area contributed by atoms with E-state index in [1.165, 1.54) is 23.1 Å². The van der Waals surface area contributed by atoms with Gasteiger partial charge in [0.2, 0.25) is 0 Å². The molecule has 1 fully saturated rings. The van der Waals surface area contributed by atoms with Crippen molar-refractivity contribution >= 4 is 51.4 Å². The van der Waals surface area contributed by atoms with Crippen LogP contribution >= 0.6 is 23.8 Å². The van der Waals surface area contributed by atoms with Crippen LogP contribution < -0.4 is 14.4 Å². The SMILES string of the molecule is COc1cccc([C@H]2c3[nH]c4ccccc4c3C[C@H]3C(=O)N(c4ccc(F)c(Cl)c4)C(=S)N23)c1OC. The molecular weight excluding hydrogens is 501 g/mol. The van der Waals surface area contributed by atoms with Crippen molar-refractivity contribution < 1.29 is 18.7 Å². The van der Waals surface area contributed by atoms with Crippen molar-refractivity contribution in [2.45, 2.75) is 18.5 Å². The quantitative estimate of drug-likeness (QED) is 0.353. The second kappa shape index (κ2) is 8.50. The Morgan fingerprint density at radius 3 is 2.64 bits per heavy atom. The average Bonchev–Trinajstić information content (AvgIpc) is 3.38. The van der Waals surface area contributed by atoms with Crippen molar-refractivity contribution in [1.82, 2.24) is 9.88 Å². The number of para-hydroxylation sites is 2. The highest BCUT2D eigenvalue weighted by molar-refractivity contribution is 7.80. The number of nitrogens with zero attached hydrogens (tertiary/aromatic N) is 2. The number of methoxy groups -OCH3 is 2. The molecule has 6 nitrogen and oxygen atoms in total. The number of halogens is 2. The molecule has 4 aromatic rings. The Morgan fingerprint density at radius 1 is 1.08 bits per heavy atom. The minimum Gasteiger partial charge on any atom is -0.493 e. The number of carbonyl (C=O) groups is 1. The summed E-state index contributed by atoms with van der Waals surface area (Å²) in [4.78, 5) is 20.8. The van der Waals surface area contributed by atoms with Crippen molar-refractivity contribution in [3.05, 3.63) is 88.3 Å². The molecule has 9 heteroatoms. The second-order valence-electron chi connectivity index (χ2n) is 8.73. The van der Waals surface area contributed by atoms with E-state index in [9.17, 15) is 9.18 Å². The summed E-state index contributed by atoms with van der Waals surface area (Å²) in [6.07, 6.45) is 0.465. The van der Waals surface area contributed by atoms with Crippen LogP contribution in [0.4, 0.5) is 10.1 Å². The Morgan fingerprint density at radius 2 is 1.89 bits per heavy atom. The summed E-state index contributed by atoms with van der Waals surface area (Å²) >= 11 is 12.0. The molecule has 1 saturated heterocycles. The number of fused-ring (bicyclic) bond motifs is 4. The fourth-order valence-electron chi connectivity index (χ4n) is 5.39. The Bertz CT molecular complexity index is 1550. The second-order valence-corrected chi connectivity index (χ2v) is 9.50. The number of amides is 1. The van der Waals surface area contributed by atoms with Gasteiger partial charge in [-0.05, 0) is 48.1 Å². The van der Waals surface area contributed by atoms with Gasteiger partial charge in [0.15, 0.2) is 16.6 Å². The summed E-state index contributed by atoms with van der Waals surface area (Å²) in [5.74, 6) is 0.392. The van der Waals surface area contributed by atoms with Crippen LogP contribution in [-0.4, -0.2) is 41.2 Å². The largest absolute Gasteiger partial charge is 0.493 e. The molecule has 0 aliphatic carbocycles. The highest BCUT2D eigenvalue weighted by Crippen LogP contribution is 2.48. The van der Waals surface area contributed by atoms with Crippen molar-refractivity contribution in [3.8, 4) is 11.5 Å². The number of ether oxygens (including phenoxy) is 2. The topological polar surface area (TPSA) is 57.8 Å². The molecule has 0 radical (unpaired) electrons.